The Morgan fingerprint density at radius 2 is 2.26 bits per heavy atom. The standard InChI is InChI=1S/C15H15ClFN5O/c16-12-14(22-4-2-9-6-18-7-10(9)22)20-13(21-15(12)23)8-1-3-19-11(17)5-8/h1,3,5,9-10,18H,2,4,6-7H2,(H,20,21,23). The lowest BCUT2D eigenvalue weighted by Crippen LogP contribution is -2.36. The lowest BCUT2D eigenvalue weighted by atomic mass is 10.1. The summed E-state index contributed by atoms with van der Waals surface area (Å²) in [5, 5.41) is 3.44. The van der Waals surface area contributed by atoms with Crippen LogP contribution in [-0.4, -0.2) is 40.6 Å². The fourth-order valence-corrected chi connectivity index (χ4v) is 3.63. The first-order valence-electron chi connectivity index (χ1n) is 7.52. The highest BCUT2D eigenvalue weighted by molar-refractivity contribution is 6.32. The largest absolute Gasteiger partial charge is 0.351 e. The van der Waals surface area contributed by atoms with E-state index in [0.717, 1.165) is 26.1 Å². The molecular formula is C15H15ClFN5O. The number of aromatic nitrogens is 3. The average molecular weight is 336 g/mol. The van der Waals surface area contributed by atoms with Gasteiger partial charge in [0.2, 0.25) is 5.95 Å². The number of anilines is 1. The van der Waals surface area contributed by atoms with E-state index in [1.54, 1.807) is 6.07 Å². The monoisotopic (exact) mass is 335 g/mol. The maximum atomic E-state index is 13.3. The Labute approximate surface area is 136 Å². The molecule has 0 aliphatic carbocycles. The van der Waals surface area contributed by atoms with E-state index in [0.29, 0.717) is 29.2 Å². The number of hydrogen-bond donors (Lipinski definition) is 2. The lowest BCUT2D eigenvalue weighted by molar-refractivity contribution is 0.577. The summed E-state index contributed by atoms with van der Waals surface area (Å²) >= 11 is 6.20. The van der Waals surface area contributed by atoms with Gasteiger partial charge in [-0.3, -0.25) is 4.79 Å². The number of nitrogens with one attached hydrogen (secondary N) is 2. The molecule has 23 heavy (non-hydrogen) atoms. The van der Waals surface area contributed by atoms with Crippen LogP contribution >= 0.6 is 11.6 Å². The van der Waals surface area contributed by atoms with E-state index in [-0.39, 0.29) is 5.02 Å². The molecule has 6 nitrogen and oxygen atoms in total. The first-order chi connectivity index (χ1) is 11.1. The summed E-state index contributed by atoms with van der Waals surface area (Å²) in [6.07, 6.45) is 2.38. The molecule has 2 aromatic rings. The third-order valence-electron chi connectivity index (χ3n) is 4.56. The molecular weight excluding hydrogens is 321 g/mol. The highest BCUT2D eigenvalue weighted by Crippen LogP contribution is 2.34. The van der Waals surface area contributed by atoms with E-state index < -0.39 is 11.5 Å². The highest BCUT2D eigenvalue weighted by atomic mass is 35.5. The van der Waals surface area contributed by atoms with Crippen molar-refractivity contribution in [1.82, 2.24) is 20.3 Å². The predicted molar refractivity (Wildman–Crippen MR) is 85.2 cm³/mol. The van der Waals surface area contributed by atoms with Crippen molar-refractivity contribution < 1.29 is 4.39 Å². The molecule has 0 spiro atoms. The van der Waals surface area contributed by atoms with Crippen molar-refractivity contribution in [1.29, 1.82) is 0 Å². The summed E-state index contributed by atoms with van der Waals surface area (Å²) in [6, 6.07) is 3.13. The van der Waals surface area contributed by atoms with E-state index in [2.05, 4.69) is 25.2 Å². The lowest BCUT2D eigenvalue weighted by Gasteiger charge is -2.25. The number of fused-ring (bicyclic) bond motifs is 1. The van der Waals surface area contributed by atoms with Gasteiger partial charge in [-0.05, 0) is 18.4 Å². The Morgan fingerprint density at radius 1 is 1.39 bits per heavy atom. The molecule has 0 radical (unpaired) electrons. The average Bonchev–Trinajstić information content (AvgIpc) is 3.13. The fourth-order valence-electron chi connectivity index (χ4n) is 3.44. The summed E-state index contributed by atoms with van der Waals surface area (Å²) in [6.45, 7) is 2.65. The van der Waals surface area contributed by atoms with Gasteiger partial charge in [-0.1, -0.05) is 11.6 Å². The Balaban J connectivity index is 1.79. The van der Waals surface area contributed by atoms with Crippen LogP contribution in [0.5, 0.6) is 0 Å². The zero-order chi connectivity index (χ0) is 16.0. The smallest absolute Gasteiger partial charge is 0.272 e. The summed E-state index contributed by atoms with van der Waals surface area (Å²) < 4.78 is 13.3. The fraction of sp³-hybridized carbons (Fsp3) is 0.400. The Kier molecular flexibility index (Phi) is 3.54. The van der Waals surface area contributed by atoms with E-state index in [1.165, 1.54) is 12.3 Å². The zero-order valence-electron chi connectivity index (χ0n) is 12.2. The minimum Gasteiger partial charge on any atom is -0.351 e. The van der Waals surface area contributed by atoms with Gasteiger partial charge in [0, 0.05) is 43.5 Å². The number of pyridine rings is 1. The summed E-state index contributed by atoms with van der Waals surface area (Å²) in [7, 11) is 0. The van der Waals surface area contributed by atoms with Crippen molar-refractivity contribution in [3.05, 3.63) is 39.7 Å². The van der Waals surface area contributed by atoms with Gasteiger partial charge in [-0.15, -0.1) is 0 Å². The van der Waals surface area contributed by atoms with Crippen molar-refractivity contribution in [2.45, 2.75) is 12.5 Å². The van der Waals surface area contributed by atoms with E-state index in [4.69, 9.17) is 11.6 Å². The molecule has 2 atom stereocenters. The molecule has 2 saturated heterocycles. The van der Waals surface area contributed by atoms with Crippen LogP contribution < -0.4 is 15.8 Å². The van der Waals surface area contributed by atoms with Crippen molar-refractivity contribution in [3.63, 3.8) is 0 Å². The second-order valence-corrected chi connectivity index (χ2v) is 6.27. The van der Waals surface area contributed by atoms with Crippen LogP contribution in [0.1, 0.15) is 6.42 Å². The minimum absolute atomic E-state index is 0.0795. The molecule has 0 bridgehead atoms. The number of rotatable bonds is 2. The first-order valence-corrected chi connectivity index (χ1v) is 7.90. The van der Waals surface area contributed by atoms with Crippen molar-refractivity contribution in [3.8, 4) is 11.4 Å². The van der Waals surface area contributed by atoms with Crippen LogP contribution in [0.2, 0.25) is 5.02 Å². The van der Waals surface area contributed by atoms with Crippen molar-refractivity contribution >= 4 is 17.4 Å². The van der Waals surface area contributed by atoms with Gasteiger partial charge in [0.15, 0.2) is 5.82 Å². The van der Waals surface area contributed by atoms with Crippen LogP contribution in [0.3, 0.4) is 0 Å². The molecule has 2 unspecified atom stereocenters. The number of nitrogens with zero attached hydrogens (tertiary/aromatic N) is 3. The van der Waals surface area contributed by atoms with Crippen LogP contribution in [0.15, 0.2) is 23.1 Å². The maximum Gasteiger partial charge on any atom is 0.272 e. The Bertz CT molecular complexity index is 811. The van der Waals surface area contributed by atoms with Gasteiger partial charge in [0.25, 0.3) is 5.56 Å². The molecule has 2 aliphatic heterocycles. The van der Waals surface area contributed by atoms with Gasteiger partial charge in [0.05, 0.1) is 0 Å². The molecule has 2 aliphatic rings. The van der Waals surface area contributed by atoms with Gasteiger partial charge in [-0.25, -0.2) is 9.97 Å². The highest BCUT2D eigenvalue weighted by Gasteiger charge is 2.39. The van der Waals surface area contributed by atoms with Gasteiger partial charge >= 0.3 is 0 Å². The third kappa shape index (κ3) is 2.49. The molecule has 8 heteroatoms. The minimum atomic E-state index is -0.622. The van der Waals surface area contributed by atoms with E-state index in [1.807, 2.05) is 0 Å². The second-order valence-electron chi connectivity index (χ2n) is 5.89. The van der Waals surface area contributed by atoms with Crippen LogP contribution in [0.25, 0.3) is 11.4 Å². The SMILES string of the molecule is O=c1[nH]c(-c2ccnc(F)c2)nc(N2CCC3CNCC32)c1Cl. The van der Waals surface area contributed by atoms with Gasteiger partial charge in [-0.2, -0.15) is 4.39 Å². The molecule has 0 amide bonds. The molecule has 2 aromatic heterocycles. The summed E-state index contributed by atoms with van der Waals surface area (Å²) in [5.41, 5.74) is 0.0473. The zero-order valence-corrected chi connectivity index (χ0v) is 13.0. The number of aromatic amines is 1. The van der Waals surface area contributed by atoms with Crippen LogP contribution in [0.4, 0.5) is 10.2 Å². The number of halogens is 2. The molecule has 4 rings (SSSR count). The van der Waals surface area contributed by atoms with Gasteiger partial charge in [0.1, 0.15) is 10.8 Å². The Hall–Kier alpha value is -1.99. The number of hydrogen-bond acceptors (Lipinski definition) is 5. The van der Waals surface area contributed by atoms with Crippen molar-refractivity contribution in [2.24, 2.45) is 5.92 Å². The number of H-pyrrole nitrogens is 1. The Morgan fingerprint density at radius 3 is 3.09 bits per heavy atom. The molecule has 120 valence electrons. The molecule has 2 N–H and O–H groups in total. The van der Waals surface area contributed by atoms with Crippen LogP contribution in [-0.2, 0) is 0 Å². The second kappa shape index (κ2) is 5.58. The molecule has 4 heterocycles. The molecule has 2 fully saturated rings. The quantitative estimate of drug-likeness (QED) is 0.812. The summed E-state index contributed by atoms with van der Waals surface area (Å²) in [5.74, 6) is 0.695. The van der Waals surface area contributed by atoms with Gasteiger partial charge < -0.3 is 15.2 Å². The van der Waals surface area contributed by atoms with Crippen LogP contribution in [0, 0.1) is 11.9 Å². The first kappa shape index (κ1) is 14.6. The molecule has 0 saturated carbocycles. The van der Waals surface area contributed by atoms with E-state index in [9.17, 15) is 9.18 Å². The topological polar surface area (TPSA) is 73.9 Å². The normalized spacial score (nSPS) is 23.3. The molecule has 0 aromatic carbocycles. The maximum absolute atomic E-state index is 13.3. The van der Waals surface area contributed by atoms with E-state index >= 15 is 0 Å². The summed E-state index contributed by atoms with van der Waals surface area (Å²) in [4.78, 5) is 24.9. The van der Waals surface area contributed by atoms with Crippen molar-refractivity contribution in [2.75, 3.05) is 24.5 Å². The third-order valence-corrected chi connectivity index (χ3v) is 4.90. The predicted octanol–water partition coefficient (Wildman–Crippen LogP) is 1.42.